The molecule has 1 aliphatic heterocycles. The van der Waals surface area contributed by atoms with Gasteiger partial charge in [-0.2, -0.15) is 0 Å². The monoisotopic (exact) mass is 545 g/mol. The number of nitrogens with one attached hydrogen (secondary N) is 4. The molecule has 3 amide bonds. The van der Waals surface area contributed by atoms with Gasteiger partial charge >= 0.3 is 6.03 Å². The zero-order valence-corrected chi connectivity index (χ0v) is 23.7. The predicted molar refractivity (Wildman–Crippen MR) is 158 cm³/mol. The molecular formula is C30H39N7O3. The van der Waals surface area contributed by atoms with Crippen LogP contribution >= 0.6 is 0 Å². The molecule has 1 fully saturated rings. The highest BCUT2D eigenvalue weighted by atomic mass is 16.5. The highest BCUT2D eigenvalue weighted by Crippen LogP contribution is 2.22. The van der Waals surface area contributed by atoms with E-state index in [-0.39, 0.29) is 18.0 Å². The maximum atomic E-state index is 13.2. The van der Waals surface area contributed by atoms with Crippen LogP contribution in [-0.4, -0.2) is 66.7 Å². The van der Waals surface area contributed by atoms with Gasteiger partial charge in [-0.1, -0.05) is 32.0 Å². The average molecular weight is 546 g/mol. The van der Waals surface area contributed by atoms with Gasteiger partial charge in [0.2, 0.25) is 5.95 Å². The van der Waals surface area contributed by atoms with Crippen LogP contribution in [0, 0.1) is 6.92 Å². The molecule has 1 unspecified atom stereocenters. The van der Waals surface area contributed by atoms with Gasteiger partial charge in [-0.05, 0) is 60.7 Å². The number of aromatic nitrogens is 2. The summed E-state index contributed by atoms with van der Waals surface area (Å²) in [6.07, 6.45) is 2.35. The molecule has 3 aromatic rings. The number of aryl methyl sites for hydroxylation is 1. The number of morpholine rings is 1. The van der Waals surface area contributed by atoms with Crippen LogP contribution in [0.15, 0.2) is 54.7 Å². The summed E-state index contributed by atoms with van der Waals surface area (Å²) in [6, 6.07) is 14.2. The predicted octanol–water partition coefficient (Wildman–Crippen LogP) is 4.79. The van der Waals surface area contributed by atoms with Gasteiger partial charge in [-0.15, -0.1) is 0 Å². The lowest BCUT2D eigenvalue weighted by Gasteiger charge is -2.28. The minimum Gasteiger partial charge on any atom is -0.379 e. The topological polar surface area (TPSA) is 121 Å². The molecule has 0 saturated carbocycles. The minimum absolute atomic E-state index is 0.242. The molecule has 4 N–H and O–H groups in total. The van der Waals surface area contributed by atoms with Gasteiger partial charge < -0.3 is 26.0 Å². The Labute approximate surface area is 235 Å². The van der Waals surface area contributed by atoms with E-state index in [1.165, 1.54) is 0 Å². The van der Waals surface area contributed by atoms with Crippen molar-refractivity contribution in [2.45, 2.75) is 39.2 Å². The van der Waals surface area contributed by atoms with E-state index in [1.807, 2.05) is 43.3 Å². The van der Waals surface area contributed by atoms with Crippen LogP contribution in [0.5, 0.6) is 0 Å². The van der Waals surface area contributed by atoms with E-state index in [2.05, 4.69) is 50.0 Å². The summed E-state index contributed by atoms with van der Waals surface area (Å²) >= 11 is 0. The number of amides is 3. The Morgan fingerprint density at radius 2 is 1.85 bits per heavy atom. The first-order chi connectivity index (χ1) is 19.3. The number of nitrogens with zero attached hydrogens (tertiary/aromatic N) is 3. The third kappa shape index (κ3) is 8.00. The molecule has 1 aliphatic rings. The zero-order chi connectivity index (χ0) is 28.5. The molecule has 4 rings (SSSR count). The SMILES string of the molecule is CNc1nccc(C(CCN2CCOCC2)NC(=O)Nc2cc(C(=O)Nc3cccc(C(C)C)c3)ccc2C)n1. The molecule has 10 nitrogen and oxygen atoms in total. The van der Waals surface area contributed by atoms with Gasteiger partial charge in [0.05, 0.1) is 24.9 Å². The van der Waals surface area contributed by atoms with Crippen molar-refractivity contribution in [1.82, 2.24) is 20.2 Å². The molecule has 2 aromatic carbocycles. The Morgan fingerprint density at radius 1 is 1.05 bits per heavy atom. The lowest BCUT2D eigenvalue weighted by atomic mass is 10.0. The summed E-state index contributed by atoms with van der Waals surface area (Å²) in [5, 5.41) is 11.9. The van der Waals surface area contributed by atoms with Crippen molar-refractivity contribution in [3.05, 3.63) is 77.1 Å². The fourth-order valence-corrected chi connectivity index (χ4v) is 4.51. The molecule has 0 aliphatic carbocycles. The number of benzene rings is 2. The van der Waals surface area contributed by atoms with E-state index in [0.717, 1.165) is 42.1 Å². The first kappa shape index (κ1) is 29.0. The Kier molecular flexibility index (Phi) is 10.0. The molecular weight excluding hydrogens is 506 g/mol. The van der Waals surface area contributed by atoms with Crippen LogP contribution in [0.1, 0.15) is 59.4 Å². The highest BCUT2D eigenvalue weighted by molar-refractivity contribution is 6.05. The first-order valence-electron chi connectivity index (χ1n) is 13.7. The van der Waals surface area contributed by atoms with Crippen LogP contribution in [0.3, 0.4) is 0 Å². The van der Waals surface area contributed by atoms with Gasteiger partial charge in [-0.3, -0.25) is 9.69 Å². The first-order valence-corrected chi connectivity index (χ1v) is 13.7. The van der Waals surface area contributed by atoms with Crippen LogP contribution in [0.2, 0.25) is 0 Å². The fraction of sp³-hybridized carbons (Fsp3) is 0.400. The molecule has 40 heavy (non-hydrogen) atoms. The smallest absolute Gasteiger partial charge is 0.319 e. The van der Waals surface area contributed by atoms with E-state index < -0.39 is 0 Å². The van der Waals surface area contributed by atoms with E-state index in [1.54, 1.807) is 25.4 Å². The van der Waals surface area contributed by atoms with Crippen LogP contribution in [0.25, 0.3) is 0 Å². The maximum absolute atomic E-state index is 13.2. The van der Waals surface area contributed by atoms with Gasteiger partial charge in [0, 0.05) is 49.8 Å². The molecule has 0 radical (unpaired) electrons. The molecule has 212 valence electrons. The highest BCUT2D eigenvalue weighted by Gasteiger charge is 2.20. The largest absolute Gasteiger partial charge is 0.379 e. The summed E-state index contributed by atoms with van der Waals surface area (Å²) in [5.41, 5.74) is 4.46. The summed E-state index contributed by atoms with van der Waals surface area (Å²) < 4.78 is 5.46. The molecule has 1 atom stereocenters. The molecule has 10 heteroatoms. The quantitative estimate of drug-likeness (QED) is 0.289. The zero-order valence-electron chi connectivity index (χ0n) is 23.7. The number of urea groups is 1. The fourth-order valence-electron chi connectivity index (χ4n) is 4.51. The minimum atomic E-state index is -0.373. The van der Waals surface area contributed by atoms with E-state index in [0.29, 0.717) is 42.8 Å². The van der Waals surface area contributed by atoms with Crippen molar-refractivity contribution in [1.29, 1.82) is 0 Å². The number of anilines is 3. The second kappa shape index (κ2) is 13.9. The standard InChI is InChI=1S/C30H39N7O3/c1-20(2)22-6-5-7-24(18-22)33-28(38)23-9-8-21(3)27(19-23)36-30(39)35-26(11-13-37-14-16-40-17-15-37)25-10-12-32-29(31-4)34-25/h5-10,12,18-20,26H,11,13-17H2,1-4H3,(H,33,38)(H,31,32,34)(H2,35,36,39). The second-order valence-corrected chi connectivity index (χ2v) is 10.2. The van der Waals surface area contributed by atoms with Crippen LogP contribution in [0.4, 0.5) is 22.1 Å². The van der Waals surface area contributed by atoms with E-state index in [9.17, 15) is 9.59 Å². The molecule has 0 bridgehead atoms. The van der Waals surface area contributed by atoms with Gasteiger partial charge in [-0.25, -0.2) is 14.8 Å². The normalized spacial score (nSPS) is 14.4. The molecule has 1 saturated heterocycles. The Balaban J connectivity index is 1.45. The number of ether oxygens (including phenoxy) is 1. The van der Waals surface area contributed by atoms with Crippen molar-refractivity contribution < 1.29 is 14.3 Å². The number of hydrogen-bond acceptors (Lipinski definition) is 7. The van der Waals surface area contributed by atoms with E-state index >= 15 is 0 Å². The van der Waals surface area contributed by atoms with Gasteiger partial charge in [0.25, 0.3) is 5.91 Å². The summed E-state index contributed by atoms with van der Waals surface area (Å²) in [5.74, 6) is 0.605. The van der Waals surface area contributed by atoms with Crippen LogP contribution < -0.4 is 21.3 Å². The number of rotatable bonds is 10. The number of carbonyl (C=O) groups excluding carboxylic acids is 2. The summed E-state index contributed by atoms with van der Waals surface area (Å²) in [6.45, 7) is 10.1. The number of carbonyl (C=O) groups is 2. The molecule has 1 aromatic heterocycles. The van der Waals surface area contributed by atoms with E-state index in [4.69, 9.17) is 4.74 Å². The van der Waals surface area contributed by atoms with Crippen molar-refractivity contribution in [2.24, 2.45) is 0 Å². The van der Waals surface area contributed by atoms with Gasteiger partial charge in [0.1, 0.15) is 0 Å². The van der Waals surface area contributed by atoms with Crippen molar-refractivity contribution >= 4 is 29.3 Å². The summed E-state index contributed by atoms with van der Waals surface area (Å²) in [7, 11) is 1.76. The number of hydrogen-bond donors (Lipinski definition) is 4. The Hall–Kier alpha value is -4.02. The Morgan fingerprint density at radius 3 is 2.60 bits per heavy atom. The molecule has 2 heterocycles. The second-order valence-electron chi connectivity index (χ2n) is 10.2. The summed E-state index contributed by atoms with van der Waals surface area (Å²) in [4.78, 5) is 37.3. The van der Waals surface area contributed by atoms with Crippen LogP contribution in [-0.2, 0) is 4.74 Å². The molecule has 0 spiro atoms. The van der Waals surface area contributed by atoms with Crippen molar-refractivity contribution in [2.75, 3.05) is 55.8 Å². The lowest BCUT2D eigenvalue weighted by Crippen LogP contribution is -2.40. The maximum Gasteiger partial charge on any atom is 0.319 e. The third-order valence-corrected chi connectivity index (χ3v) is 6.96. The Bertz CT molecular complexity index is 1310. The average Bonchev–Trinajstić information content (AvgIpc) is 2.97. The third-order valence-electron chi connectivity index (χ3n) is 6.96. The lowest BCUT2D eigenvalue weighted by molar-refractivity contribution is 0.0362. The van der Waals surface area contributed by atoms with Gasteiger partial charge in [0.15, 0.2) is 0 Å². The van der Waals surface area contributed by atoms with Crippen molar-refractivity contribution in [3.8, 4) is 0 Å². The van der Waals surface area contributed by atoms with Crippen molar-refractivity contribution in [3.63, 3.8) is 0 Å².